The molecule has 0 aliphatic rings. The Bertz CT molecular complexity index is 673. The summed E-state index contributed by atoms with van der Waals surface area (Å²) in [4.78, 5) is 2.15. The average Bonchev–Trinajstić information content (AvgIpc) is 3.03. The second-order valence-corrected chi connectivity index (χ2v) is 5.97. The van der Waals surface area contributed by atoms with Gasteiger partial charge in [0.1, 0.15) is 6.61 Å². The molecular weight excluding hydrogens is 312 g/mol. The molecule has 0 fully saturated rings. The van der Waals surface area contributed by atoms with Gasteiger partial charge in [-0.15, -0.1) is 13.0 Å². The predicted molar refractivity (Wildman–Crippen MR) is 101 cm³/mol. The Kier molecular flexibility index (Phi) is 8.00. The monoisotopic (exact) mass is 338 g/mol. The van der Waals surface area contributed by atoms with E-state index in [0.717, 1.165) is 13.1 Å². The highest BCUT2D eigenvalue weighted by Crippen LogP contribution is 2.11. The van der Waals surface area contributed by atoms with Gasteiger partial charge in [0.05, 0.1) is 12.7 Å². The van der Waals surface area contributed by atoms with E-state index in [-0.39, 0.29) is 13.2 Å². The lowest BCUT2D eigenvalue weighted by Crippen LogP contribution is -2.35. The van der Waals surface area contributed by atoms with Gasteiger partial charge < -0.3 is 14.4 Å². The van der Waals surface area contributed by atoms with E-state index in [1.807, 2.05) is 12.1 Å². The molecule has 1 N–H and O–H groups in total. The number of rotatable bonds is 11. The minimum absolute atomic E-state index is 0.221. The number of aliphatic hydroxyl groups excluding tert-OH is 1. The number of terminal acetylenes is 1. The Morgan fingerprint density at radius 3 is 2.80 bits per heavy atom. The van der Waals surface area contributed by atoms with E-state index < -0.39 is 6.10 Å². The first-order valence-corrected chi connectivity index (χ1v) is 8.43. The van der Waals surface area contributed by atoms with Crippen LogP contribution in [-0.2, 0) is 17.8 Å². The molecule has 1 heterocycles. The van der Waals surface area contributed by atoms with Crippen LogP contribution in [0.4, 0.5) is 0 Å². The normalized spacial score (nSPS) is 12.0. The van der Waals surface area contributed by atoms with Crippen LogP contribution in [0.5, 0.6) is 0 Å². The van der Waals surface area contributed by atoms with E-state index in [9.17, 15) is 5.11 Å². The molecule has 0 aliphatic heterocycles. The minimum atomic E-state index is -0.578. The van der Waals surface area contributed by atoms with Crippen LogP contribution in [0.3, 0.4) is 0 Å². The first-order chi connectivity index (χ1) is 12.2. The fourth-order valence-electron chi connectivity index (χ4n) is 2.75. The molecule has 0 saturated heterocycles. The standard InChI is InChI=1S/C21H26N2O2/c1-3-12-22(17-21(24)18-25-14-4-2)16-20-11-8-13-23(20)15-19-9-6-5-7-10-19/h2-3,5-11,13,21,24H,1,12,14-18H2. The quantitative estimate of drug-likeness (QED) is 0.389. The van der Waals surface area contributed by atoms with Crippen molar-refractivity contribution in [3.05, 3.63) is 72.6 Å². The lowest BCUT2D eigenvalue weighted by Gasteiger charge is -2.24. The Hall–Kier alpha value is -2.32. The lowest BCUT2D eigenvalue weighted by molar-refractivity contribution is 0.0281. The van der Waals surface area contributed by atoms with E-state index in [4.69, 9.17) is 11.2 Å². The number of aliphatic hydroxyl groups is 1. The van der Waals surface area contributed by atoms with Gasteiger partial charge in [-0.2, -0.15) is 0 Å². The molecule has 0 amide bonds. The first-order valence-electron chi connectivity index (χ1n) is 8.43. The third kappa shape index (κ3) is 6.60. The summed E-state index contributed by atoms with van der Waals surface area (Å²) in [5.41, 5.74) is 2.46. The van der Waals surface area contributed by atoms with Gasteiger partial charge in [0.2, 0.25) is 0 Å². The van der Waals surface area contributed by atoms with E-state index in [1.165, 1.54) is 11.3 Å². The van der Waals surface area contributed by atoms with Crippen LogP contribution in [-0.4, -0.2) is 47.0 Å². The molecule has 132 valence electrons. The maximum absolute atomic E-state index is 10.1. The predicted octanol–water partition coefficient (Wildman–Crippen LogP) is 2.54. The SMILES string of the molecule is C#CCOCC(O)CN(CC=C)Cc1cccn1Cc1ccccc1. The summed E-state index contributed by atoms with van der Waals surface area (Å²) in [6, 6.07) is 14.5. The van der Waals surface area contributed by atoms with Gasteiger partial charge in [0.25, 0.3) is 0 Å². The van der Waals surface area contributed by atoms with Crippen molar-refractivity contribution in [1.82, 2.24) is 9.47 Å². The Morgan fingerprint density at radius 2 is 2.08 bits per heavy atom. The van der Waals surface area contributed by atoms with Crippen LogP contribution >= 0.6 is 0 Å². The Labute approximate surface area is 150 Å². The maximum Gasteiger partial charge on any atom is 0.107 e. The van der Waals surface area contributed by atoms with Crippen LogP contribution in [0.15, 0.2) is 61.3 Å². The molecule has 0 aliphatic carbocycles. The van der Waals surface area contributed by atoms with E-state index in [1.54, 1.807) is 0 Å². The Balaban J connectivity index is 1.96. The minimum Gasteiger partial charge on any atom is -0.389 e. The fourth-order valence-corrected chi connectivity index (χ4v) is 2.75. The molecule has 4 nitrogen and oxygen atoms in total. The van der Waals surface area contributed by atoms with Gasteiger partial charge in [-0.3, -0.25) is 4.90 Å². The molecule has 0 bridgehead atoms. The highest BCUT2D eigenvalue weighted by atomic mass is 16.5. The van der Waals surface area contributed by atoms with Gasteiger partial charge in [-0.1, -0.05) is 42.3 Å². The maximum atomic E-state index is 10.1. The highest BCUT2D eigenvalue weighted by Gasteiger charge is 2.13. The Morgan fingerprint density at radius 1 is 1.28 bits per heavy atom. The number of hydrogen-bond donors (Lipinski definition) is 1. The van der Waals surface area contributed by atoms with Gasteiger partial charge in [-0.05, 0) is 17.7 Å². The third-order valence-corrected chi connectivity index (χ3v) is 3.86. The summed E-state index contributed by atoms with van der Waals surface area (Å²) in [6.07, 6.45) is 8.50. The zero-order valence-electron chi connectivity index (χ0n) is 14.6. The van der Waals surface area contributed by atoms with E-state index >= 15 is 0 Å². The van der Waals surface area contributed by atoms with E-state index in [2.05, 4.69) is 64.6 Å². The molecule has 0 spiro atoms. The van der Waals surface area contributed by atoms with Crippen molar-refractivity contribution < 1.29 is 9.84 Å². The van der Waals surface area contributed by atoms with Crippen molar-refractivity contribution in [3.8, 4) is 12.3 Å². The first kappa shape index (κ1) is 19.0. The van der Waals surface area contributed by atoms with Crippen LogP contribution in [0.1, 0.15) is 11.3 Å². The topological polar surface area (TPSA) is 37.6 Å². The zero-order chi connectivity index (χ0) is 17.9. The molecular formula is C21H26N2O2. The fraction of sp³-hybridized carbons (Fsp3) is 0.333. The molecule has 1 atom stereocenters. The molecule has 1 aromatic carbocycles. The lowest BCUT2D eigenvalue weighted by atomic mass is 10.2. The summed E-state index contributed by atoms with van der Waals surface area (Å²) in [7, 11) is 0. The summed E-state index contributed by atoms with van der Waals surface area (Å²) < 4.78 is 7.45. The molecule has 2 rings (SSSR count). The number of hydrogen-bond acceptors (Lipinski definition) is 3. The van der Waals surface area contributed by atoms with Crippen LogP contribution < -0.4 is 0 Å². The number of aromatic nitrogens is 1. The van der Waals surface area contributed by atoms with Gasteiger partial charge in [-0.25, -0.2) is 0 Å². The van der Waals surface area contributed by atoms with Gasteiger partial charge in [0.15, 0.2) is 0 Å². The summed E-state index contributed by atoms with van der Waals surface area (Å²) >= 11 is 0. The largest absolute Gasteiger partial charge is 0.389 e. The second-order valence-electron chi connectivity index (χ2n) is 5.97. The number of benzene rings is 1. The third-order valence-electron chi connectivity index (χ3n) is 3.86. The van der Waals surface area contributed by atoms with Crippen LogP contribution in [0.25, 0.3) is 0 Å². The number of ether oxygens (including phenoxy) is 1. The van der Waals surface area contributed by atoms with Gasteiger partial charge >= 0.3 is 0 Å². The smallest absolute Gasteiger partial charge is 0.107 e. The average molecular weight is 338 g/mol. The summed E-state index contributed by atoms with van der Waals surface area (Å²) in [6.45, 7) is 7.05. The zero-order valence-corrected chi connectivity index (χ0v) is 14.6. The van der Waals surface area contributed by atoms with Crippen molar-refractivity contribution in [2.45, 2.75) is 19.2 Å². The van der Waals surface area contributed by atoms with Crippen molar-refractivity contribution in [2.24, 2.45) is 0 Å². The molecule has 4 heteroatoms. The molecule has 0 saturated carbocycles. The highest BCUT2D eigenvalue weighted by molar-refractivity contribution is 5.17. The molecule has 25 heavy (non-hydrogen) atoms. The van der Waals surface area contributed by atoms with Crippen molar-refractivity contribution in [3.63, 3.8) is 0 Å². The molecule has 2 aromatic rings. The molecule has 1 aromatic heterocycles. The van der Waals surface area contributed by atoms with Gasteiger partial charge in [0, 0.05) is 38.1 Å². The molecule has 1 unspecified atom stereocenters. The van der Waals surface area contributed by atoms with Crippen LogP contribution in [0.2, 0.25) is 0 Å². The summed E-state index contributed by atoms with van der Waals surface area (Å²) in [5.74, 6) is 2.40. The van der Waals surface area contributed by atoms with E-state index in [0.29, 0.717) is 13.1 Å². The van der Waals surface area contributed by atoms with Crippen molar-refractivity contribution in [2.75, 3.05) is 26.3 Å². The van der Waals surface area contributed by atoms with Crippen molar-refractivity contribution in [1.29, 1.82) is 0 Å². The number of nitrogens with zero attached hydrogens (tertiary/aromatic N) is 2. The molecule has 0 radical (unpaired) electrons. The second kappa shape index (κ2) is 10.5. The summed E-state index contributed by atoms with van der Waals surface area (Å²) in [5, 5.41) is 10.1. The van der Waals surface area contributed by atoms with Crippen molar-refractivity contribution >= 4 is 0 Å². The van der Waals surface area contributed by atoms with Crippen LogP contribution in [0, 0.1) is 12.3 Å².